The normalized spacial score (nSPS) is 16.6. The molecule has 0 spiro atoms. The SMILES string of the molecule is Cn1cc(CN2CCCN(C(=O)c3cc(Cl)cn3C)CC2)cn1. The average Bonchev–Trinajstić information content (AvgIpc) is 2.96. The first-order valence-electron chi connectivity index (χ1n) is 7.84. The lowest BCUT2D eigenvalue weighted by Crippen LogP contribution is -2.35. The van der Waals surface area contributed by atoms with Crippen molar-refractivity contribution >= 4 is 17.5 Å². The first kappa shape index (κ1) is 16.1. The zero-order valence-electron chi connectivity index (χ0n) is 13.6. The van der Waals surface area contributed by atoms with Crippen LogP contribution >= 0.6 is 11.6 Å². The first-order valence-corrected chi connectivity index (χ1v) is 8.22. The van der Waals surface area contributed by atoms with Gasteiger partial charge in [-0.15, -0.1) is 0 Å². The standard InChI is InChI=1S/C16H22ClN5O/c1-19-12-14(17)8-15(19)16(23)22-5-3-4-21(6-7-22)11-13-9-18-20(2)10-13/h8-10,12H,3-7,11H2,1-2H3. The van der Waals surface area contributed by atoms with Crippen molar-refractivity contribution in [3.8, 4) is 0 Å². The lowest BCUT2D eigenvalue weighted by atomic mass is 10.3. The Labute approximate surface area is 141 Å². The summed E-state index contributed by atoms with van der Waals surface area (Å²) in [6, 6.07) is 1.74. The minimum atomic E-state index is 0.0580. The van der Waals surface area contributed by atoms with Gasteiger partial charge in [-0.05, 0) is 12.5 Å². The molecule has 1 amide bonds. The predicted octanol–water partition coefficient (Wildman–Crippen LogP) is 1.76. The summed E-state index contributed by atoms with van der Waals surface area (Å²) >= 11 is 5.99. The smallest absolute Gasteiger partial charge is 0.270 e. The molecule has 124 valence electrons. The van der Waals surface area contributed by atoms with Gasteiger partial charge in [-0.3, -0.25) is 14.4 Å². The predicted molar refractivity (Wildman–Crippen MR) is 89.4 cm³/mol. The monoisotopic (exact) mass is 335 g/mol. The van der Waals surface area contributed by atoms with Gasteiger partial charge in [-0.25, -0.2) is 0 Å². The van der Waals surface area contributed by atoms with Crippen LogP contribution in [0.15, 0.2) is 24.7 Å². The molecule has 0 radical (unpaired) electrons. The summed E-state index contributed by atoms with van der Waals surface area (Å²) in [4.78, 5) is 17.0. The van der Waals surface area contributed by atoms with E-state index in [-0.39, 0.29) is 5.91 Å². The van der Waals surface area contributed by atoms with Gasteiger partial charge >= 0.3 is 0 Å². The van der Waals surface area contributed by atoms with Crippen molar-refractivity contribution in [3.05, 3.63) is 40.9 Å². The first-order chi connectivity index (χ1) is 11.0. The number of hydrogen-bond acceptors (Lipinski definition) is 3. The average molecular weight is 336 g/mol. The van der Waals surface area contributed by atoms with E-state index < -0.39 is 0 Å². The Morgan fingerprint density at radius 2 is 2.04 bits per heavy atom. The summed E-state index contributed by atoms with van der Waals surface area (Å²) in [6.45, 7) is 4.27. The summed E-state index contributed by atoms with van der Waals surface area (Å²) in [5, 5.41) is 4.81. The highest BCUT2D eigenvalue weighted by Gasteiger charge is 2.22. The van der Waals surface area contributed by atoms with Gasteiger partial charge in [0.05, 0.1) is 11.2 Å². The van der Waals surface area contributed by atoms with E-state index in [0.717, 1.165) is 39.1 Å². The topological polar surface area (TPSA) is 46.3 Å². The van der Waals surface area contributed by atoms with Crippen molar-refractivity contribution in [2.45, 2.75) is 13.0 Å². The molecule has 0 aromatic carbocycles. The Balaban J connectivity index is 1.62. The van der Waals surface area contributed by atoms with Crippen LogP contribution in [0.5, 0.6) is 0 Å². The second kappa shape index (κ2) is 6.76. The second-order valence-corrected chi connectivity index (χ2v) is 6.54. The van der Waals surface area contributed by atoms with Gasteiger partial charge in [0.2, 0.25) is 0 Å². The highest BCUT2D eigenvalue weighted by Crippen LogP contribution is 2.16. The number of nitrogens with zero attached hydrogens (tertiary/aromatic N) is 5. The Kier molecular flexibility index (Phi) is 4.73. The third-order valence-corrected chi connectivity index (χ3v) is 4.44. The van der Waals surface area contributed by atoms with Crippen LogP contribution in [0.1, 0.15) is 22.5 Å². The molecule has 0 N–H and O–H groups in total. The maximum Gasteiger partial charge on any atom is 0.270 e. The summed E-state index contributed by atoms with van der Waals surface area (Å²) in [6.07, 6.45) is 6.69. The summed E-state index contributed by atoms with van der Waals surface area (Å²) in [5.41, 5.74) is 1.86. The van der Waals surface area contributed by atoms with E-state index in [1.807, 2.05) is 36.1 Å². The van der Waals surface area contributed by atoms with Gasteiger partial charge < -0.3 is 9.47 Å². The molecule has 0 bridgehead atoms. The van der Waals surface area contributed by atoms with Gasteiger partial charge in [0, 0.05) is 64.8 Å². The van der Waals surface area contributed by atoms with Crippen LogP contribution in [0.25, 0.3) is 0 Å². The molecule has 3 heterocycles. The Morgan fingerprint density at radius 3 is 2.70 bits per heavy atom. The third-order valence-electron chi connectivity index (χ3n) is 4.23. The molecule has 7 heteroatoms. The fraction of sp³-hybridized carbons (Fsp3) is 0.500. The van der Waals surface area contributed by atoms with Crippen LogP contribution in [0.3, 0.4) is 0 Å². The van der Waals surface area contributed by atoms with Crippen molar-refractivity contribution in [3.63, 3.8) is 0 Å². The largest absolute Gasteiger partial charge is 0.345 e. The van der Waals surface area contributed by atoms with Crippen LogP contribution in [-0.2, 0) is 20.6 Å². The zero-order valence-corrected chi connectivity index (χ0v) is 14.3. The molecular formula is C16H22ClN5O. The highest BCUT2D eigenvalue weighted by molar-refractivity contribution is 6.31. The Morgan fingerprint density at radius 1 is 1.22 bits per heavy atom. The summed E-state index contributed by atoms with van der Waals surface area (Å²) < 4.78 is 3.62. The molecule has 23 heavy (non-hydrogen) atoms. The Hall–Kier alpha value is -1.79. The fourth-order valence-electron chi connectivity index (χ4n) is 3.04. The lowest BCUT2D eigenvalue weighted by molar-refractivity contribution is 0.0751. The maximum atomic E-state index is 12.7. The van der Waals surface area contributed by atoms with Gasteiger partial charge in [-0.1, -0.05) is 11.6 Å². The van der Waals surface area contributed by atoms with Crippen molar-refractivity contribution in [1.82, 2.24) is 24.1 Å². The van der Waals surface area contributed by atoms with E-state index >= 15 is 0 Å². The van der Waals surface area contributed by atoms with Crippen LogP contribution in [0.2, 0.25) is 5.02 Å². The molecule has 0 atom stereocenters. The number of carbonyl (C=O) groups excluding carboxylic acids is 1. The van der Waals surface area contributed by atoms with E-state index in [2.05, 4.69) is 10.00 Å². The molecular weight excluding hydrogens is 314 g/mol. The molecule has 1 aliphatic heterocycles. The minimum absolute atomic E-state index is 0.0580. The molecule has 2 aromatic rings. The molecule has 1 saturated heterocycles. The van der Waals surface area contributed by atoms with E-state index in [9.17, 15) is 4.79 Å². The number of halogens is 1. The van der Waals surface area contributed by atoms with Crippen molar-refractivity contribution in [2.24, 2.45) is 14.1 Å². The van der Waals surface area contributed by atoms with E-state index in [0.29, 0.717) is 10.7 Å². The number of amides is 1. The molecule has 0 aliphatic carbocycles. The number of rotatable bonds is 3. The van der Waals surface area contributed by atoms with Crippen molar-refractivity contribution < 1.29 is 4.79 Å². The quantitative estimate of drug-likeness (QED) is 0.858. The van der Waals surface area contributed by atoms with E-state index in [1.54, 1.807) is 16.8 Å². The highest BCUT2D eigenvalue weighted by atomic mass is 35.5. The molecule has 1 aliphatic rings. The van der Waals surface area contributed by atoms with Gasteiger partial charge in [0.25, 0.3) is 5.91 Å². The molecule has 3 rings (SSSR count). The number of hydrogen-bond donors (Lipinski definition) is 0. The minimum Gasteiger partial charge on any atom is -0.345 e. The van der Waals surface area contributed by atoms with Crippen LogP contribution in [0.4, 0.5) is 0 Å². The third kappa shape index (κ3) is 3.76. The van der Waals surface area contributed by atoms with Gasteiger partial charge in [0.1, 0.15) is 5.69 Å². The molecule has 0 saturated carbocycles. The maximum absolute atomic E-state index is 12.7. The van der Waals surface area contributed by atoms with Crippen LogP contribution in [0, 0.1) is 0 Å². The van der Waals surface area contributed by atoms with Gasteiger partial charge in [-0.2, -0.15) is 5.10 Å². The number of aromatic nitrogens is 3. The summed E-state index contributed by atoms with van der Waals surface area (Å²) in [7, 11) is 3.78. The Bertz CT molecular complexity index is 692. The van der Waals surface area contributed by atoms with Crippen LogP contribution in [-0.4, -0.2) is 56.2 Å². The zero-order chi connectivity index (χ0) is 16.4. The number of carbonyl (C=O) groups is 1. The molecule has 1 fully saturated rings. The van der Waals surface area contributed by atoms with Crippen molar-refractivity contribution in [2.75, 3.05) is 26.2 Å². The van der Waals surface area contributed by atoms with Crippen molar-refractivity contribution in [1.29, 1.82) is 0 Å². The van der Waals surface area contributed by atoms with E-state index in [1.165, 1.54) is 5.56 Å². The lowest BCUT2D eigenvalue weighted by Gasteiger charge is -2.21. The summed E-state index contributed by atoms with van der Waals surface area (Å²) in [5.74, 6) is 0.0580. The molecule has 0 unspecified atom stereocenters. The van der Waals surface area contributed by atoms with E-state index in [4.69, 9.17) is 11.6 Å². The van der Waals surface area contributed by atoms with Crippen LogP contribution < -0.4 is 0 Å². The number of aryl methyl sites for hydroxylation is 2. The molecule has 6 nitrogen and oxygen atoms in total. The second-order valence-electron chi connectivity index (χ2n) is 6.10. The fourth-order valence-corrected chi connectivity index (χ4v) is 3.29. The molecule has 2 aromatic heterocycles. The van der Waals surface area contributed by atoms with Gasteiger partial charge in [0.15, 0.2) is 0 Å².